The van der Waals surface area contributed by atoms with Gasteiger partial charge in [0.1, 0.15) is 11.5 Å². The van der Waals surface area contributed by atoms with Crippen molar-refractivity contribution >= 4 is 17.5 Å². The molecule has 1 aliphatic heterocycles. The van der Waals surface area contributed by atoms with Crippen LogP contribution in [0.15, 0.2) is 48.5 Å². The molecule has 10 nitrogen and oxygen atoms in total. The Morgan fingerprint density at radius 1 is 0.718 bits per heavy atom. The van der Waals surface area contributed by atoms with E-state index in [9.17, 15) is 9.59 Å². The van der Waals surface area contributed by atoms with Gasteiger partial charge in [-0.05, 0) is 47.5 Å². The first-order chi connectivity index (χ1) is 18.8. The molecule has 39 heavy (non-hydrogen) atoms. The van der Waals surface area contributed by atoms with E-state index in [0.29, 0.717) is 56.9 Å². The Bertz CT molecular complexity index is 1390. The number of nitrogens with zero attached hydrogens (tertiary/aromatic N) is 1. The number of anilines is 1. The first-order valence-corrected chi connectivity index (χ1v) is 12.1. The predicted octanol–water partition coefficient (Wildman–Crippen LogP) is 4.29. The van der Waals surface area contributed by atoms with Crippen molar-refractivity contribution in [2.45, 2.75) is 12.0 Å². The maximum Gasteiger partial charge on any atom is 0.254 e. The van der Waals surface area contributed by atoms with Gasteiger partial charge in [-0.15, -0.1) is 0 Å². The molecule has 0 aliphatic carbocycles. The average molecular weight is 537 g/mol. The van der Waals surface area contributed by atoms with Crippen LogP contribution in [-0.2, 0) is 4.79 Å². The Labute approximate surface area is 227 Å². The molecule has 0 fully saturated rings. The highest BCUT2D eigenvalue weighted by atomic mass is 16.5. The Balaban J connectivity index is 1.90. The zero-order valence-corrected chi connectivity index (χ0v) is 23.0. The summed E-state index contributed by atoms with van der Waals surface area (Å²) in [6.07, 6.45) is 0. The number of fused-ring (bicyclic) bond motifs is 1. The molecule has 0 saturated heterocycles. The number of hydrogen-bond donors (Lipinski definition) is 1. The molecule has 3 aromatic rings. The molecular weight excluding hydrogens is 504 g/mol. The number of amides is 2. The molecule has 4 rings (SSSR count). The lowest BCUT2D eigenvalue weighted by atomic mass is 9.79. The molecule has 0 saturated carbocycles. The highest BCUT2D eigenvalue weighted by Gasteiger charge is 2.44. The van der Waals surface area contributed by atoms with E-state index in [2.05, 4.69) is 5.32 Å². The normalized spacial score (nSPS) is 16.2. The molecule has 0 radical (unpaired) electrons. The fourth-order valence-corrected chi connectivity index (χ4v) is 4.90. The molecule has 0 bridgehead atoms. The summed E-state index contributed by atoms with van der Waals surface area (Å²) in [7, 11) is 10.8. The maximum atomic E-state index is 14.2. The van der Waals surface area contributed by atoms with Crippen LogP contribution in [0.25, 0.3) is 0 Å². The standard InChI is InChI=1S/C29H32N2O8/c1-31-27(16-8-11-21(35-3)23(12-16)37-5)26(18-14-24(38-6)25(39-7)15-19(18)29(31)33)28(32)30-20-10-9-17(34-2)13-22(20)36-4/h8-15,26-27H,1-7H3,(H,30,32)/t26-,27+/m1/s1. The second kappa shape index (κ2) is 11.4. The number of carbonyl (C=O) groups excluding carboxylic acids is 2. The van der Waals surface area contributed by atoms with Crippen LogP contribution in [0.1, 0.15) is 33.4 Å². The van der Waals surface area contributed by atoms with Crippen molar-refractivity contribution in [1.82, 2.24) is 4.90 Å². The molecule has 2 amide bonds. The van der Waals surface area contributed by atoms with Crippen molar-refractivity contribution in [2.75, 3.05) is 55.0 Å². The van der Waals surface area contributed by atoms with Crippen LogP contribution in [0.5, 0.6) is 34.5 Å². The SMILES string of the molecule is COc1ccc(NC(=O)[C@@H]2c3cc(OC)c(OC)cc3C(=O)N(C)[C@H]2c2ccc(OC)c(OC)c2)c(OC)c1. The van der Waals surface area contributed by atoms with E-state index in [0.717, 1.165) is 0 Å². The Morgan fingerprint density at radius 3 is 1.95 bits per heavy atom. The van der Waals surface area contributed by atoms with Gasteiger partial charge in [-0.1, -0.05) is 6.07 Å². The minimum absolute atomic E-state index is 0.267. The van der Waals surface area contributed by atoms with Crippen LogP contribution in [-0.4, -0.2) is 66.4 Å². The highest BCUT2D eigenvalue weighted by Crippen LogP contribution is 2.47. The summed E-state index contributed by atoms with van der Waals surface area (Å²) in [5.41, 5.74) is 1.98. The minimum Gasteiger partial charge on any atom is -0.497 e. The van der Waals surface area contributed by atoms with Crippen LogP contribution in [0.2, 0.25) is 0 Å². The topological polar surface area (TPSA) is 105 Å². The van der Waals surface area contributed by atoms with Gasteiger partial charge in [0.05, 0.1) is 60.3 Å². The van der Waals surface area contributed by atoms with E-state index in [1.807, 2.05) is 6.07 Å². The number of likely N-dealkylation sites (N-methyl/N-ethyl adjacent to an activating group) is 1. The lowest BCUT2D eigenvalue weighted by Gasteiger charge is -2.40. The third-order valence-corrected chi connectivity index (χ3v) is 6.87. The molecule has 1 heterocycles. The number of hydrogen-bond acceptors (Lipinski definition) is 8. The number of ether oxygens (including phenoxy) is 6. The van der Waals surface area contributed by atoms with E-state index >= 15 is 0 Å². The number of nitrogens with one attached hydrogen (secondary N) is 1. The van der Waals surface area contributed by atoms with Crippen molar-refractivity contribution in [3.63, 3.8) is 0 Å². The van der Waals surface area contributed by atoms with Crippen LogP contribution in [0.4, 0.5) is 5.69 Å². The zero-order valence-electron chi connectivity index (χ0n) is 23.0. The van der Waals surface area contributed by atoms with Gasteiger partial charge < -0.3 is 38.6 Å². The maximum absolute atomic E-state index is 14.2. The second-order valence-electron chi connectivity index (χ2n) is 8.80. The van der Waals surface area contributed by atoms with Gasteiger partial charge in [-0.2, -0.15) is 0 Å². The number of carbonyl (C=O) groups is 2. The predicted molar refractivity (Wildman–Crippen MR) is 145 cm³/mol. The van der Waals surface area contributed by atoms with Gasteiger partial charge >= 0.3 is 0 Å². The van der Waals surface area contributed by atoms with Gasteiger partial charge in [0.2, 0.25) is 5.91 Å². The van der Waals surface area contributed by atoms with E-state index in [1.54, 1.807) is 68.6 Å². The minimum atomic E-state index is -0.840. The Kier molecular flexibility index (Phi) is 8.04. The first-order valence-electron chi connectivity index (χ1n) is 12.1. The van der Waals surface area contributed by atoms with Gasteiger partial charge in [-0.25, -0.2) is 0 Å². The Morgan fingerprint density at radius 2 is 1.33 bits per heavy atom. The number of methoxy groups -OCH3 is 6. The van der Waals surface area contributed by atoms with Crippen LogP contribution in [0, 0.1) is 0 Å². The smallest absolute Gasteiger partial charge is 0.254 e. The molecule has 2 atom stereocenters. The van der Waals surface area contributed by atoms with Crippen LogP contribution >= 0.6 is 0 Å². The van der Waals surface area contributed by atoms with Gasteiger partial charge in [0.25, 0.3) is 5.91 Å². The second-order valence-corrected chi connectivity index (χ2v) is 8.80. The van der Waals surface area contributed by atoms with Crippen LogP contribution < -0.4 is 33.7 Å². The molecule has 1 aliphatic rings. The first kappa shape index (κ1) is 27.4. The largest absolute Gasteiger partial charge is 0.497 e. The quantitative estimate of drug-likeness (QED) is 0.432. The van der Waals surface area contributed by atoms with Crippen molar-refractivity contribution in [3.05, 3.63) is 65.2 Å². The zero-order chi connectivity index (χ0) is 28.3. The molecule has 3 aromatic carbocycles. The number of rotatable bonds is 9. The average Bonchev–Trinajstić information content (AvgIpc) is 2.97. The molecule has 0 aromatic heterocycles. The molecule has 1 N–H and O–H groups in total. The summed E-state index contributed by atoms with van der Waals surface area (Å²) in [6.45, 7) is 0. The summed E-state index contributed by atoms with van der Waals surface area (Å²) in [6, 6.07) is 13.0. The van der Waals surface area contributed by atoms with E-state index in [4.69, 9.17) is 28.4 Å². The summed E-state index contributed by atoms with van der Waals surface area (Å²) in [5.74, 6) is 1.34. The summed E-state index contributed by atoms with van der Waals surface area (Å²) in [5, 5.41) is 2.99. The summed E-state index contributed by atoms with van der Waals surface area (Å²) < 4.78 is 32.7. The van der Waals surface area contributed by atoms with E-state index in [-0.39, 0.29) is 11.8 Å². The Hall–Kier alpha value is -4.60. The monoisotopic (exact) mass is 536 g/mol. The van der Waals surface area contributed by atoms with Crippen LogP contribution in [0.3, 0.4) is 0 Å². The fraction of sp³-hybridized carbons (Fsp3) is 0.310. The third-order valence-electron chi connectivity index (χ3n) is 6.87. The molecule has 10 heteroatoms. The third kappa shape index (κ3) is 4.97. The molecule has 206 valence electrons. The van der Waals surface area contributed by atoms with Gasteiger partial charge in [0, 0.05) is 18.7 Å². The van der Waals surface area contributed by atoms with Crippen molar-refractivity contribution in [2.24, 2.45) is 0 Å². The van der Waals surface area contributed by atoms with Crippen molar-refractivity contribution < 1.29 is 38.0 Å². The summed E-state index contributed by atoms with van der Waals surface area (Å²) >= 11 is 0. The van der Waals surface area contributed by atoms with E-state index < -0.39 is 12.0 Å². The molecule has 0 unspecified atom stereocenters. The highest BCUT2D eigenvalue weighted by molar-refractivity contribution is 6.05. The number of benzene rings is 3. The van der Waals surface area contributed by atoms with Gasteiger partial charge in [0.15, 0.2) is 23.0 Å². The van der Waals surface area contributed by atoms with Crippen molar-refractivity contribution in [3.8, 4) is 34.5 Å². The fourth-order valence-electron chi connectivity index (χ4n) is 4.90. The lowest BCUT2D eigenvalue weighted by molar-refractivity contribution is -0.119. The van der Waals surface area contributed by atoms with Gasteiger partial charge in [-0.3, -0.25) is 9.59 Å². The molecular formula is C29H32N2O8. The van der Waals surface area contributed by atoms with E-state index in [1.165, 1.54) is 28.4 Å². The lowest BCUT2D eigenvalue weighted by Crippen LogP contribution is -2.44. The van der Waals surface area contributed by atoms with Crippen molar-refractivity contribution in [1.29, 1.82) is 0 Å². The summed E-state index contributed by atoms with van der Waals surface area (Å²) in [4.78, 5) is 29.4. The molecule has 0 spiro atoms.